The van der Waals surface area contributed by atoms with Crippen molar-refractivity contribution in [3.05, 3.63) is 46.0 Å². The molecule has 0 spiro atoms. The van der Waals surface area contributed by atoms with Gasteiger partial charge in [0.2, 0.25) is 0 Å². The Bertz CT molecular complexity index is 481. The zero-order valence-corrected chi connectivity index (χ0v) is 10.5. The lowest BCUT2D eigenvalue weighted by Gasteiger charge is -2.08. The second-order valence-electron chi connectivity index (χ2n) is 4.38. The zero-order chi connectivity index (χ0) is 13.7. The van der Waals surface area contributed by atoms with Crippen LogP contribution in [0.2, 0.25) is 0 Å². The Kier molecular flexibility index (Phi) is 4.59. The molecular weight excluding hydrogens is 232 g/mol. The van der Waals surface area contributed by atoms with Gasteiger partial charge in [-0.15, -0.1) is 0 Å². The Morgan fingerprint density at radius 1 is 1.50 bits per heavy atom. The van der Waals surface area contributed by atoms with Gasteiger partial charge < -0.3 is 5.32 Å². The average molecular weight is 248 g/mol. The number of carbonyl (C=O) groups excluding carboxylic acids is 1. The van der Waals surface area contributed by atoms with Gasteiger partial charge in [0.1, 0.15) is 0 Å². The molecule has 0 fully saturated rings. The SMILES string of the molecule is C=Cc1cc(C(=O)NCC(C)C)cc([N+](=O)[O-])c1. The van der Waals surface area contributed by atoms with Gasteiger partial charge >= 0.3 is 0 Å². The number of hydrogen-bond donors (Lipinski definition) is 1. The molecule has 1 amide bonds. The van der Waals surface area contributed by atoms with Crippen LogP contribution in [0.3, 0.4) is 0 Å². The van der Waals surface area contributed by atoms with Gasteiger partial charge in [0.25, 0.3) is 11.6 Å². The summed E-state index contributed by atoms with van der Waals surface area (Å²) in [6.45, 7) is 8.03. The van der Waals surface area contributed by atoms with E-state index in [1.807, 2.05) is 13.8 Å². The molecule has 5 heteroatoms. The van der Waals surface area contributed by atoms with Gasteiger partial charge in [-0.25, -0.2) is 0 Å². The quantitative estimate of drug-likeness (QED) is 0.643. The molecule has 5 nitrogen and oxygen atoms in total. The summed E-state index contributed by atoms with van der Waals surface area (Å²) >= 11 is 0. The van der Waals surface area contributed by atoms with E-state index in [4.69, 9.17) is 0 Å². The molecule has 0 heterocycles. The van der Waals surface area contributed by atoms with Crippen LogP contribution in [0.25, 0.3) is 6.08 Å². The summed E-state index contributed by atoms with van der Waals surface area (Å²) in [6, 6.07) is 4.23. The minimum atomic E-state index is -0.522. The van der Waals surface area contributed by atoms with Crippen LogP contribution in [0.15, 0.2) is 24.8 Å². The first-order chi connectivity index (χ1) is 8.43. The first-order valence-electron chi connectivity index (χ1n) is 5.64. The van der Waals surface area contributed by atoms with Crippen LogP contribution in [-0.2, 0) is 0 Å². The van der Waals surface area contributed by atoms with Gasteiger partial charge in [-0.3, -0.25) is 14.9 Å². The first kappa shape index (κ1) is 13.9. The third-order valence-electron chi connectivity index (χ3n) is 2.32. The maximum absolute atomic E-state index is 11.8. The predicted octanol–water partition coefficient (Wildman–Crippen LogP) is 2.62. The molecule has 0 aliphatic carbocycles. The van der Waals surface area contributed by atoms with E-state index in [1.54, 1.807) is 6.07 Å². The van der Waals surface area contributed by atoms with E-state index in [0.29, 0.717) is 18.0 Å². The molecule has 0 bridgehead atoms. The normalized spacial score (nSPS) is 10.2. The number of benzene rings is 1. The van der Waals surface area contributed by atoms with Crippen LogP contribution < -0.4 is 5.32 Å². The second kappa shape index (κ2) is 5.95. The molecule has 0 aliphatic rings. The summed E-state index contributed by atoms with van der Waals surface area (Å²) in [5.74, 6) is 0.0158. The molecule has 1 N–H and O–H groups in total. The molecule has 0 saturated heterocycles. The number of carbonyl (C=O) groups is 1. The van der Waals surface area contributed by atoms with Gasteiger partial charge in [0.05, 0.1) is 4.92 Å². The van der Waals surface area contributed by atoms with E-state index >= 15 is 0 Å². The molecule has 1 aromatic rings. The van der Waals surface area contributed by atoms with E-state index in [-0.39, 0.29) is 17.2 Å². The number of amides is 1. The summed E-state index contributed by atoms with van der Waals surface area (Å²) in [5.41, 5.74) is 0.723. The smallest absolute Gasteiger partial charge is 0.270 e. The Morgan fingerprint density at radius 3 is 2.67 bits per heavy atom. The first-order valence-corrected chi connectivity index (χ1v) is 5.64. The molecule has 0 atom stereocenters. The molecule has 96 valence electrons. The maximum Gasteiger partial charge on any atom is 0.270 e. The van der Waals surface area contributed by atoms with E-state index in [1.165, 1.54) is 18.2 Å². The van der Waals surface area contributed by atoms with E-state index in [9.17, 15) is 14.9 Å². The van der Waals surface area contributed by atoms with Crippen LogP contribution in [0.5, 0.6) is 0 Å². The fourth-order valence-corrected chi connectivity index (χ4v) is 1.39. The highest BCUT2D eigenvalue weighted by atomic mass is 16.6. The van der Waals surface area contributed by atoms with Crippen LogP contribution in [0.1, 0.15) is 29.8 Å². The Balaban J connectivity index is 3.00. The molecular formula is C13H16N2O3. The monoisotopic (exact) mass is 248 g/mol. The molecule has 0 aromatic heterocycles. The van der Waals surface area contributed by atoms with Crippen LogP contribution >= 0.6 is 0 Å². The number of nitro groups is 1. The Morgan fingerprint density at radius 2 is 2.17 bits per heavy atom. The summed E-state index contributed by atoms with van der Waals surface area (Å²) in [7, 11) is 0. The highest BCUT2D eigenvalue weighted by Crippen LogP contribution is 2.18. The molecule has 18 heavy (non-hydrogen) atoms. The lowest BCUT2D eigenvalue weighted by molar-refractivity contribution is -0.384. The van der Waals surface area contributed by atoms with Gasteiger partial charge in [-0.2, -0.15) is 0 Å². The van der Waals surface area contributed by atoms with Gasteiger partial charge in [0, 0.05) is 24.2 Å². The van der Waals surface area contributed by atoms with Crippen molar-refractivity contribution < 1.29 is 9.72 Å². The van der Waals surface area contributed by atoms with Crippen LogP contribution in [0.4, 0.5) is 5.69 Å². The number of nitrogens with one attached hydrogen (secondary N) is 1. The van der Waals surface area contributed by atoms with Crippen molar-refractivity contribution in [3.8, 4) is 0 Å². The topological polar surface area (TPSA) is 72.2 Å². The predicted molar refractivity (Wildman–Crippen MR) is 70.4 cm³/mol. The van der Waals surface area contributed by atoms with Crippen molar-refractivity contribution in [2.45, 2.75) is 13.8 Å². The Labute approximate surface area is 106 Å². The summed E-state index contributed by atoms with van der Waals surface area (Å²) in [4.78, 5) is 22.1. The molecule has 0 unspecified atom stereocenters. The minimum absolute atomic E-state index is 0.109. The fraction of sp³-hybridized carbons (Fsp3) is 0.308. The van der Waals surface area contributed by atoms with E-state index in [2.05, 4.69) is 11.9 Å². The van der Waals surface area contributed by atoms with Crippen molar-refractivity contribution in [3.63, 3.8) is 0 Å². The minimum Gasteiger partial charge on any atom is -0.352 e. The molecule has 1 rings (SSSR count). The highest BCUT2D eigenvalue weighted by molar-refractivity contribution is 5.95. The lowest BCUT2D eigenvalue weighted by Crippen LogP contribution is -2.27. The largest absolute Gasteiger partial charge is 0.352 e. The van der Waals surface area contributed by atoms with Crippen molar-refractivity contribution >= 4 is 17.7 Å². The van der Waals surface area contributed by atoms with Crippen molar-refractivity contribution in [1.82, 2.24) is 5.32 Å². The average Bonchev–Trinajstić information content (AvgIpc) is 2.35. The van der Waals surface area contributed by atoms with Gasteiger partial charge in [0.15, 0.2) is 0 Å². The van der Waals surface area contributed by atoms with E-state index < -0.39 is 4.92 Å². The van der Waals surface area contributed by atoms with E-state index in [0.717, 1.165) is 0 Å². The number of rotatable bonds is 5. The summed E-state index contributed by atoms with van der Waals surface area (Å²) in [5, 5.41) is 13.5. The number of nitro benzene ring substituents is 1. The maximum atomic E-state index is 11.8. The summed E-state index contributed by atoms with van der Waals surface area (Å²) in [6.07, 6.45) is 1.48. The zero-order valence-electron chi connectivity index (χ0n) is 10.5. The number of hydrogen-bond acceptors (Lipinski definition) is 3. The molecule has 1 aromatic carbocycles. The molecule has 0 saturated carbocycles. The third-order valence-corrected chi connectivity index (χ3v) is 2.32. The van der Waals surface area contributed by atoms with Crippen LogP contribution in [-0.4, -0.2) is 17.4 Å². The van der Waals surface area contributed by atoms with Crippen LogP contribution in [0, 0.1) is 16.0 Å². The fourth-order valence-electron chi connectivity index (χ4n) is 1.39. The van der Waals surface area contributed by atoms with Crippen molar-refractivity contribution in [1.29, 1.82) is 0 Å². The molecule has 0 aliphatic heterocycles. The van der Waals surface area contributed by atoms with Crippen molar-refractivity contribution in [2.75, 3.05) is 6.54 Å². The van der Waals surface area contributed by atoms with Gasteiger partial charge in [-0.05, 0) is 17.5 Å². The second-order valence-corrected chi connectivity index (χ2v) is 4.38. The molecule has 0 radical (unpaired) electrons. The standard InChI is InChI=1S/C13H16N2O3/c1-4-10-5-11(7-12(6-10)15(17)18)13(16)14-8-9(2)3/h4-7,9H,1,8H2,2-3H3,(H,14,16). The highest BCUT2D eigenvalue weighted by Gasteiger charge is 2.13. The van der Waals surface area contributed by atoms with Gasteiger partial charge in [-0.1, -0.05) is 26.5 Å². The number of non-ortho nitro benzene ring substituents is 1. The summed E-state index contributed by atoms with van der Waals surface area (Å²) < 4.78 is 0. The number of nitrogens with zero attached hydrogens (tertiary/aromatic N) is 1. The third kappa shape index (κ3) is 3.69. The van der Waals surface area contributed by atoms with Crippen molar-refractivity contribution in [2.24, 2.45) is 5.92 Å². The Hall–Kier alpha value is -2.17. The lowest BCUT2D eigenvalue weighted by atomic mass is 10.1.